The van der Waals surface area contributed by atoms with Gasteiger partial charge in [-0.3, -0.25) is 4.79 Å². The van der Waals surface area contributed by atoms with Gasteiger partial charge in [0, 0.05) is 25.8 Å². The molecule has 0 fully saturated rings. The highest BCUT2D eigenvalue weighted by Crippen LogP contribution is 2.30. The molecule has 1 heterocycles. The van der Waals surface area contributed by atoms with Gasteiger partial charge in [-0.05, 0) is 68.7 Å². The monoisotopic (exact) mass is 560 g/mol. The number of alkyl halides is 3. The van der Waals surface area contributed by atoms with Gasteiger partial charge in [-0.2, -0.15) is 28.1 Å². The highest BCUT2D eigenvalue weighted by molar-refractivity contribution is 5.70. The lowest BCUT2D eigenvalue weighted by Gasteiger charge is -2.23. The average Bonchev–Trinajstić information content (AvgIpc) is 2.92. The Kier molecular flexibility index (Phi) is 10.5. The van der Waals surface area contributed by atoms with Crippen LogP contribution in [0.2, 0.25) is 0 Å². The summed E-state index contributed by atoms with van der Waals surface area (Å²) in [5.74, 6) is 0.474. The second kappa shape index (κ2) is 13.8. The summed E-state index contributed by atoms with van der Waals surface area (Å²) in [5.41, 5.74) is 0.609. The second-order valence-corrected chi connectivity index (χ2v) is 9.19. The van der Waals surface area contributed by atoms with E-state index in [4.69, 9.17) is 4.74 Å². The first-order chi connectivity index (χ1) is 19.0. The van der Waals surface area contributed by atoms with Crippen molar-refractivity contribution < 1.29 is 27.8 Å². The third-order valence-corrected chi connectivity index (χ3v) is 6.41. The molecule has 0 aliphatic rings. The van der Waals surface area contributed by atoms with Crippen molar-refractivity contribution in [3.05, 3.63) is 59.7 Å². The summed E-state index contributed by atoms with van der Waals surface area (Å²) in [6, 6.07) is 12.0. The van der Waals surface area contributed by atoms with Crippen LogP contribution in [0.15, 0.2) is 48.5 Å². The van der Waals surface area contributed by atoms with Crippen LogP contribution in [0, 0.1) is 5.92 Å². The fourth-order valence-electron chi connectivity index (χ4n) is 3.91. The lowest BCUT2D eigenvalue weighted by molar-refractivity contribution is -0.141. The van der Waals surface area contributed by atoms with Crippen LogP contribution in [0.5, 0.6) is 5.75 Å². The number of benzene rings is 2. The van der Waals surface area contributed by atoms with E-state index in [2.05, 4.69) is 20.3 Å². The van der Waals surface area contributed by atoms with Crippen LogP contribution in [-0.4, -0.2) is 59.3 Å². The molecule has 3 aromatic rings. The molecule has 0 amide bonds. The minimum Gasteiger partial charge on any atom is -0.492 e. The molecule has 0 radical (unpaired) electrons. The van der Waals surface area contributed by atoms with Gasteiger partial charge in [-0.1, -0.05) is 19.1 Å². The summed E-state index contributed by atoms with van der Waals surface area (Å²) in [7, 11) is 1.81. The molecule has 12 heteroatoms. The second-order valence-electron chi connectivity index (χ2n) is 9.19. The molecule has 2 N–H and O–H groups in total. The fourth-order valence-corrected chi connectivity index (χ4v) is 3.91. The van der Waals surface area contributed by atoms with Gasteiger partial charge in [0.1, 0.15) is 12.4 Å². The fraction of sp³-hybridized carbons (Fsp3) is 0.429. The number of rotatable bonds is 14. The molecule has 0 spiro atoms. The third kappa shape index (κ3) is 8.45. The van der Waals surface area contributed by atoms with Crippen molar-refractivity contribution in [3.8, 4) is 5.75 Å². The van der Waals surface area contributed by atoms with Crippen molar-refractivity contribution in [2.24, 2.45) is 5.92 Å². The van der Waals surface area contributed by atoms with E-state index in [0.29, 0.717) is 62.4 Å². The Hall–Kier alpha value is -4.09. The van der Waals surface area contributed by atoms with Crippen molar-refractivity contribution in [3.63, 3.8) is 0 Å². The van der Waals surface area contributed by atoms with Gasteiger partial charge in [-0.25, -0.2) is 0 Å². The van der Waals surface area contributed by atoms with E-state index in [0.717, 1.165) is 17.7 Å². The molecule has 9 nitrogen and oxygen atoms in total. The Labute approximate surface area is 232 Å². The van der Waals surface area contributed by atoms with Crippen LogP contribution >= 0.6 is 0 Å². The minimum atomic E-state index is -4.42. The van der Waals surface area contributed by atoms with Crippen LogP contribution < -0.4 is 19.9 Å². The first-order valence-electron chi connectivity index (χ1n) is 13.1. The molecule has 40 heavy (non-hydrogen) atoms. The number of anilines is 4. The normalized spacial score (nSPS) is 12.1. The van der Waals surface area contributed by atoms with Gasteiger partial charge < -0.3 is 25.0 Å². The van der Waals surface area contributed by atoms with Gasteiger partial charge in [0.2, 0.25) is 17.8 Å². The standard InChI is InChI=1S/C28H35F3N6O3/c1-5-20(24(38)39)18-19-8-14-23(15-9-19)40-17-16-36(4)26-33-25(34-27(35-26)37(6-2)7-3)32-22-12-10-21(11-13-22)28(29,30)31/h8-15,20H,5-7,16-18H2,1-4H3,(H,38,39)(H,32,33,34,35). The van der Waals surface area contributed by atoms with Gasteiger partial charge >= 0.3 is 12.1 Å². The van der Waals surface area contributed by atoms with E-state index in [9.17, 15) is 23.1 Å². The van der Waals surface area contributed by atoms with Crippen LogP contribution in [0.3, 0.4) is 0 Å². The van der Waals surface area contributed by atoms with E-state index < -0.39 is 23.6 Å². The maximum absolute atomic E-state index is 12.9. The summed E-state index contributed by atoms with van der Waals surface area (Å²) in [5, 5.41) is 12.2. The Morgan fingerprint density at radius 1 is 0.975 bits per heavy atom. The number of halogens is 3. The van der Waals surface area contributed by atoms with Crippen molar-refractivity contribution in [2.75, 3.05) is 48.4 Å². The molecule has 0 aliphatic carbocycles. The zero-order chi connectivity index (χ0) is 29.3. The molecule has 3 rings (SSSR count). The number of aliphatic carboxylic acids is 1. The molecular formula is C28H35F3N6O3. The number of nitrogens with zero attached hydrogens (tertiary/aromatic N) is 5. The quantitative estimate of drug-likeness (QED) is 0.259. The number of hydrogen-bond donors (Lipinski definition) is 2. The van der Waals surface area contributed by atoms with Crippen LogP contribution in [0.1, 0.15) is 38.3 Å². The summed E-state index contributed by atoms with van der Waals surface area (Å²) < 4.78 is 44.7. The van der Waals surface area contributed by atoms with Crippen molar-refractivity contribution >= 4 is 29.5 Å². The minimum absolute atomic E-state index is 0.210. The Morgan fingerprint density at radius 3 is 2.15 bits per heavy atom. The Bertz CT molecular complexity index is 1240. The summed E-state index contributed by atoms with van der Waals surface area (Å²) >= 11 is 0. The highest BCUT2D eigenvalue weighted by atomic mass is 19.4. The molecule has 2 aromatic carbocycles. The smallest absolute Gasteiger partial charge is 0.416 e. The number of carboxylic acid groups (broad SMARTS) is 1. The lowest BCUT2D eigenvalue weighted by Crippen LogP contribution is -2.29. The lowest BCUT2D eigenvalue weighted by atomic mass is 9.97. The van der Waals surface area contributed by atoms with E-state index in [-0.39, 0.29) is 5.95 Å². The van der Waals surface area contributed by atoms with Crippen molar-refractivity contribution in [2.45, 2.75) is 39.8 Å². The summed E-state index contributed by atoms with van der Waals surface area (Å²) in [6.07, 6.45) is -3.39. The number of carboxylic acids is 1. The first kappa shape index (κ1) is 30.5. The van der Waals surface area contributed by atoms with E-state index in [1.54, 1.807) is 4.90 Å². The van der Waals surface area contributed by atoms with E-state index >= 15 is 0 Å². The van der Waals surface area contributed by atoms with Crippen LogP contribution in [0.4, 0.5) is 36.7 Å². The first-order valence-corrected chi connectivity index (χ1v) is 13.1. The van der Waals surface area contributed by atoms with Crippen molar-refractivity contribution in [1.82, 2.24) is 15.0 Å². The predicted molar refractivity (Wildman–Crippen MR) is 148 cm³/mol. The molecule has 0 saturated carbocycles. The largest absolute Gasteiger partial charge is 0.492 e. The number of ether oxygens (including phenoxy) is 1. The maximum atomic E-state index is 12.9. The van der Waals surface area contributed by atoms with Gasteiger partial charge in [0.05, 0.1) is 18.0 Å². The van der Waals surface area contributed by atoms with Gasteiger partial charge in [-0.15, -0.1) is 0 Å². The number of hydrogen-bond acceptors (Lipinski definition) is 8. The van der Waals surface area contributed by atoms with Crippen LogP contribution in [-0.2, 0) is 17.4 Å². The maximum Gasteiger partial charge on any atom is 0.416 e. The summed E-state index contributed by atoms with van der Waals surface area (Å²) in [6.45, 7) is 7.90. The predicted octanol–water partition coefficient (Wildman–Crippen LogP) is 5.65. The molecule has 0 aliphatic heterocycles. The zero-order valence-corrected chi connectivity index (χ0v) is 23.1. The Balaban J connectivity index is 1.68. The number of aromatic nitrogens is 3. The molecule has 1 unspecified atom stereocenters. The van der Waals surface area contributed by atoms with E-state index in [1.165, 1.54) is 12.1 Å². The molecule has 0 bridgehead atoms. The SMILES string of the molecule is CCC(Cc1ccc(OCCN(C)c2nc(Nc3ccc(C(F)(F)F)cc3)nc(N(CC)CC)n2)cc1)C(=O)O. The Morgan fingerprint density at radius 2 is 1.60 bits per heavy atom. The van der Waals surface area contributed by atoms with Gasteiger partial charge in [0.25, 0.3) is 0 Å². The zero-order valence-electron chi connectivity index (χ0n) is 23.1. The molecule has 216 valence electrons. The molecule has 1 aromatic heterocycles. The topological polar surface area (TPSA) is 104 Å². The molecular weight excluding hydrogens is 525 g/mol. The highest BCUT2D eigenvalue weighted by Gasteiger charge is 2.30. The van der Waals surface area contributed by atoms with E-state index in [1.807, 2.05) is 57.0 Å². The third-order valence-electron chi connectivity index (χ3n) is 6.41. The van der Waals surface area contributed by atoms with Gasteiger partial charge in [0.15, 0.2) is 0 Å². The summed E-state index contributed by atoms with van der Waals surface area (Å²) in [4.78, 5) is 28.6. The van der Waals surface area contributed by atoms with Crippen LogP contribution in [0.25, 0.3) is 0 Å². The molecule has 0 saturated heterocycles. The number of nitrogens with one attached hydrogen (secondary N) is 1. The van der Waals surface area contributed by atoms with Crippen molar-refractivity contribution in [1.29, 1.82) is 0 Å². The molecule has 1 atom stereocenters. The number of likely N-dealkylation sites (N-methyl/N-ethyl adjacent to an activating group) is 1. The average molecular weight is 561 g/mol. The number of carbonyl (C=O) groups is 1.